The zero-order valence-electron chi connectivity index (χ0n) is 16.8. The van der Waals surface area contributed by atoms with Crippen LogP contribution in [0.1, 0.15) is 37.6 Å². The quantitative estimate of drug-likeness (QED) is 0.705. The van der Waals surface area contributed by atoms with Crippen LogP contribution in [0.5, 0.6) is 5.75 Å². The summed E-state index contributed by atoms with van der Waals surface area (Å²) < 4.78 is 16.0. The van der Waals surface area contributed by atoms with Gasteiger partial charge in [-0.1, -0.05) is 12.1 Å². The molecule has 1 heterocycles. The molecule has 0 aromatic heterocycles. The second kappa shape index (κ2) is 10.1. The number of hydrogen-bond acceptors (Lipinski definition) is 6. The third-order valence-electron chi connectivity index (χ3n) is 4.35. The van der Waals surface area contributed by atoms with Crippen LogP contribution in [0.4, 0.5) is 0 Å². The van der Waals surface area contributed by atoms with Gasteiger partial charge in [0.1, 0.15) is 5.75 Å². The van der Waals surface area contributed by atoms with E-state index in [9.17, 15) is 14.4 Å². The van der Waals surface area contributed by atoms with Crippen molar-refractivity contribution in [1.82, 2.24) is 10.2 Å². The normalized spacial score (nSPS) is 20.2. The lowest BCUT2D eigenvalue weighted by molar-refractivity contribution is -0.164. The number of ether oxygens (including phenoxy) is 3. The van der Waals surface area contributed by atoms with E-state index in [1.165, 1.54) is 7.11 Å². The van der Waals surface area contributed by atoms with Gasteiger partial charge in [0.15, 0.2) is 6.10 Å². The number of nitrogens with one attached hydrogen (secondary N) is 1. The molecule has 3 atom stereocenters. The predicted octanol–water partition coefficient (Wildman–Crippen LogP) is 1.38. The molecule has 154 valence electrons. The Morgan fingerprint density at radius 1 is 1.21 bits per heavy atom. The topological polar surface area (TPSA) is 94.2 Å². The molecule has 28 heavy (non-hydrogen) atoms. The summed E-state index contributed by atoms with van der Waals surface area (Å²) in [6, 6.07) is 6.81. The standard InChI is InChI=1S/C20H28N2O6/c1-13-11-22(12-14(2)27-13)20(25)15(3)28-18(23)9-10-21-19(24)16-7-5-6-8-17(16)26-4/h5-8,13-15H,9-12H2,1-4H3,(H,21,24)/t13-,14-,15+/m0/s1. The van der Waals surface area contributed by atoms with Crippen LogP contribution in [0, 0.1) is 0 Å². The van der Waals surface area contributed by atoms with E-state index in [2.05, 4.69) is 5.32 Å². The van der Waals surface area contributed by atoms with Crippen LogP contribution in [0.25, 0.3) is 0 Å². The van der Waals surface area contributed by atoms with Gasteiger partial charge in [0, 0.05) is 19.6 Å². The zero-order valence-corrected chi connectivity index (χ0v) is 16.8. The highest BCUT2D eigenvalue weighted by molar-refractivity contribution is 5.97. The van der Waals surface area contributed by atoms with Crippen LogP contribution < -0.4 is 10.1 Å². The first-order chi connectivity index (χ1) is 13.3. The molecule has 2 amide bonds. The van der Waals surface area contributed by atoms with Crippen molar-refractivity contribution >= 4 is 17.8 Å². The lowest BCUT2D eigenvalue weighted by Crippen LogP contribution is -2.51. The molecule has 1 aliphatic rings. The van der Waals surface area contributed by atoms with E-state index in [0.29, 0.717) is 24.4 Å². The minimum atomic E-state index is -0.880. The summed E-state index contributed by atoms with van der Waals surface area (Å²) in [5.41, 5.74) is 0.387. The molecule has 8 nitrogen and oxygen atoms in total. The van der Waals surface area contributed by atoms with Crippen molar-refractivity contribution in [3.63, 3.8) is 0 Å². The van der Waals surface area contributed by atoms with E-state index in [-0.39, 0.29) is 37.0 Å². The minimum Gasteiger partial charge on any atom is -0.496 e. The Balaban J connectivity index is 1.77. The van der Waals surface area contributed by atoms with Crippen LogP contribution in [-0.2, 0) is 19.1 Å². The number of para-hydroxylation sites is 1. The molecule has 1 aromatic carbocycles. The molecular weight excluding hydrogens is 364 g/mol. The van der Waals surface area contributed by atoms with Crippen LogP contribution in [0.15, 0.2) is 24.3 Å². The van der Waals surface area contributed by atoms with Gasteiger partial charge >= 0.3 is 5.97 Å². The lowest BCUT2D eigenvalue weighted by atomic mass is 10.2. The molecule has 0 spiro atoms. The smallest absolute Gasteiger partial charge is 0.308 e. The second-order valence-corrected chi connectivity index (χ2v) is 6.84. The highest BCUT2D eigenvalue weighted by atomic mass is 16.5. The van der Waals surface area contributed by atoms with E-state index in [4.69, 9.17) is 14.2 Å². The van der Waals surface area contributed by atoms with Crippen molar-refractivity contribution in [3.05, 3.63) is 29.8 Å². The molecule has 0 unspecified atom stereocenters. The van der Waals surface area contributed by atoms with Gasteiger partial charge in [-0.15, -0.1) is 0 Å². The lowest BCUT2D eigenvalue weighted by Gasteiger charge is -2.36. The van der Waals surface area contributed by atoms with Gasteiger partial charge in [-0.2, -0.15) is 0 Å². The van der Waals surface area contributed by atoms with Crippen molar-refractivity contribution in [2.75, 3.05) is 26.7 Å². The Labute approximate surface area is 165 Å². The fourth-order valence-corrected chi connectivity index (χ4v) is 3.13. The van der Waals surface area contributed by atoms with Crippen molar-refractivity contribution in [2.24, 2.45) is 0 Å². The van der Waals surface area contributed by atoms with Crippen molar-refractivity contribution in [1.29, 1.82) is 0 Å². The molecule has 8 heteroatoms. The van der Waals surface area contributed by atoms with Gasteiger partial charge in [0.25, 0.3) is 11.8 Å². The number of esters is 1. The van der Waals surface area contributed by atoms with Crippen molar-refractivity contribution < 1.29 is 28.6 Å². The second-order valence-electron chi connectivity index (χ2n) is 6.84. The van der Waals surface area contributed by atoms with E-state index < -0.39 is 12.1 Å². The van der Waals surface area contributed by atoms with Crippen LogP contribution >= 0.6 is 0 Å². The van der Waals surface area contributed by atoms with Crippen molar-refractivity contribution in [3.8, 4) is 5.75 Å². The molecule has 2 rings (SSSR count). The summed E-state index contributed by atoms with van der Waals surface area (Å²) in [4.78, 5) is 38.3. The third-order valence-corrected chi connectivity index (χ3v) is 4.35. The van der Waals surface area contributed by atoms with Crippen LogP contribution in [-0.4, -0.2) is 67.7 Å². The number of carbonyl (C=O) groups is 3. The Morgan fingerprint density at radius 2 is 1.86 bits per heavy atom. The van der Waals surface area contributed by atoms with Gasteiger partial charge in [-0.25, -0.2) is 0 Å². The van der Waals surface area contributed by atoms with Gasteiger partial charge in [0.05, 0.1) is 31.3 Å². The Kier molecular flexibility index (Phi) is 7.80. The monoisotopic (exact) mass is 392 g/mol. The average Bonchev–Trinajstić information content (AvgIpc) is 2.66. The van der Waals surface area contributed by atoms with Gasteiger partial charge in [-0.05, 0) is 32.9 Å². The van der Waals surface area contributed by atoms with E-state index in [0.717, 1.165) is 0 Å². The maximum Gasteiger partial charge on any atom is 0.308 e. The molecule has 1 aliphatic heterocycles. The Morgan fingerprint density at radius 3 is 2.50 bits per heavy atom. The van der Waals surface area contributed by atoms with Crippen molar-refractivity contribution in [2.45, 2.75) is 45.5 Å². The number of methoxy groups -OCH3 is 1. The molecular formula is C20H28N2O6. The van der Waals surface area contributed by atoms with Gasteiger partial charge in [-0.3, -0.25) is 14.4 Å². The summed E-state index contributed by atoms with van der Waals surface area (Å²) in [6.07, 6.45) is -1.02. The fraction of sp³-hybridized carbons (Fsp3) is 0.550. The average molecular weight is 392 g/mol. The predicted molar refractivity (Wildman–Crippen MR) is 102 cm³/mol. The summed E-state index contributed by atoms with van der Waals surface area (Å²) in [5, 5.41) is 2.65. The number of hydrogen-bond donors (Lipinski definition) is 1. The molecule has 0 radical (unpaired) electrons. The minimum absolute atomic E-state index is 0.0333. The van der Waals surface area contributed by atoms with Gasteiger partial charge < -0.3 is 24.4 Å². The summed E-state index contributed by atoms with van der Waals surface area (Å²) in [7, 11) is 1.48. The highest BCUT2D eigenvalue weighted by Crippen LogP contribution is 2.17. The molecule has 0 bridgehead atoms. The van der Waals surface area contributed by atoms with E-state index >= 15 is 0 Å². The molecule has 0 saturated carbocycles. The number of morpholine rings is 1. The number of amides is 2. The molecule has 1 fully saturated rings. The van der Waals surface area contributed by atoms with E-state index in [1.807, 2.05) is 13.8 Å². The molecule has 1 N–H and O–H groups in total. The largest absolute Gasteiger partial charge is 0.496 e. The Hall–Kier alpha value is -2.61. The number of benzene rings is 1. The van der Waals surface area contributed by atoms with Gasteiger partial charge in [0.2, 0.25) is 0 Å². The van der Waals surface area contributed by atoms with Crippen LogP contribution in [0.2, 0.25) is 0 Å². The summed E-state index contributed by atoms with van der Waals surface area (Å²) in [6.45, 7) is 6.40. The molecule has 1 saturated heterocycles. The Bertz CT molecular complexity index is 698. The fourth-order valence-electron chi connectivity index (χ4n) is 3.13. The number of carbonyl (C=O) groups excluding carboxylic acids is 3. The summed E-state index contributed by atoms with van der Waals surface area (Å²) in [5.74, 6) is -0.676. The maximum absolute atomic E-state index is 12.5. The highest BCUT2D eigenvalue weighted by Gasteiger charge is 2.30. The summed E-state index contributed by atoms with van der Waals surface area (Å²) >= 11 is 0. The number of rotatable bonds is 7. The zero-order chi connectivity index (χ0) is 20.7. The molecule has 0 aliphatic carbocycles. The number of nitrogens with zero attached hydrogens (tertiary/aromatic N) is 1. The maximum atomic E-state index is 12.5. The first-order valence-electron chi connectivity index (χ1n) is 9.36. The third kappa shape index (κ3) is 5.95. The molecule has 1 aromatic rings. The SMILES string of the molecule is COc1ccccc1C(=O)NCCC(=O)O[C@H](C)C(=O)N1C[C@H](C)O[C@@H](C)C1. The van der Waals surface area contributed by atoms with E-state index in [1.54, 1.807) is 36.1 Å². The first kappa shape index (κ1) is 21.7. The van der Waals surface area contributed by atoms with Crippen LogP contribution in [0.3, 0.4) is 0 Å². The first-order valence-corrected chi connectivity index (χ1v) is 9.36.